The molecule has 2 N–H and O–H groups in total. The molecule has 0 bridgehead atoms. The summed E-state index contributed by atoms with van der Waals surface area (Å²) >= 11 is 0. The van der Waals surface area contributed by atoms with Crippen molar-refractivity contribution < 1.29 is 9.84 Å². The fourth-order valence-electron chi connectivity index (χ4n) is 1.42. The molecule has 1 aromatic heterocycles. The summed E-state index contributed by atoms with van der Waals surface area (Å²) in [5.74, 6) is 1.21. The topological polar surface area (TPSA) is 67.3 Å². The van der Waals surface area contributed by atoms with Crippen molar-refractivity contribution in [1.82, 2.24) is 9.97 Å². The van der Waals surface area contributed by atoms with Crippen LogP contribution in [0.1, 0.15) is 33.6 Å². The second-order valence-electron chi connectivity index (χ2n) is 3.96. The third-order valence-electron chi connectivity index (χ3n) is 2.85. The maximum atomic E-state index is 10.1. The van der Waals surface area contributed by atoms with E-state index in [-0.39, 0.29) is 0 Å². The van der Waals surface area contributed by atoms with Gasteiger partial charge in [-0.25, -0.2) is 9.97 Å². The molecule has 0 spiro atoms. The third kappa shape index (κ3) is 4.19. The molecule has 0 fully saturated rings. The largest absolute Gasteiger partial charge is 0.478 e. The Kier molecular flexibility index (Phi) is 5.15. The van der Waals surface area contributed by atoms with E-state index in [1.807, 2.05) is 20.8 Å². The third-order valence-corrected chi connectivity index (χ3v) is 2.85. The molecule has 0 aliphatic carbocycles. The van der Waals surface area contributed by atoms with Crippen LogP contribution in [0.3, 0.4) is 0 Å². The zero-order chi connectivity index (χ0) is 12.7. The lowest BCUT2D eigenvalue weighted by Gasteiger charge is -2.25. The summed E-state index contributed by atoms with van der Waals surface area (Å²) in [6.07, 6.45) is 2.87. The number of nitrogens with one attached hydrogen (secondary N) is 1. The van der Waals surface area contributed by atoms with Crippen molar-refractivity contribution in [2.24, 2.45) is 0 Å². The summed E-state index contributed by atoms with van der Waals surface area (Å²) < 4.78 is 5.28. The van der Waals surface area contributed by atoms with Crippen LogP contribution in [0.15, 0.2) is 12.4 Å². The van der Waals surface area contributed by atoms with Crippen molar-refractivity contribution in [3.05, 3.63) is 12.4 Å². The van der Waals surface area contributed by atoms with Gasteiger partial charge in [0.1, 0.15) is 12.1 Å². The Balaban J connectivity index is 2.59. The van der Waals surface area contributed by atoms with Crippen molar-refractivity contribution in [2.45, 2.75) is 39.2 Å². The number of aliphatic hydroxyl groups is 1. The van der Waals surface area contributed by atoms with Gasteiger partial charge in [0.05, 0.1) is 12.2 Å². The van der Waals surface area contributed by atoms with Crippen LogP contribution < -0.4 is 10.1 Å². The van der Waals surface area contributed by atoms with Crippen molar-refractivity contribution >= 4 is 5.82 Å². The second-order valence-corrected chi connectivity index (χ2v) is 3.96. The van der Waals surface area contributed by atoms with Crippen LogP contribution in [-0.4, -0.2) is 33.8 Å². The maximum absolute atomic E-state index is 10.1. The number of hydrogen-bond donors (Lipinski definition) is 2. The summed E-state index contributed by atoms with van der Waals surface area (Å²) in [7, 11) is 0. The molecule has 0 aliphatic heterocycles. The molecule has 1 heterocycles. The first-order chi connectivity index (χ1) is 8.13. The molecule has 5 heteroatoms. The summed E-state index contributed by atoms with van der Waals surface area (Å²) in [6, 6.07) is 1.73. The van der Waals surface area contributed by atoms with E-state index in [2.05, 4.69) is 15.3 Å². The van der Waals surface area contributed by atoms with Gasteiger partial charge in [0.15, 0.2) is 0 Å². The van der Waals surface area contributed by atoms with Crippen LogP contribution in [0.4, 0.5) is 5.82 Å². The van der Waals surface area contributed by atoms with E-state index >= 15 is 0 Å². The van der Waals surface area contributed by atoms with Crippen LogP contribution in [0, 0.1) is 0 Å². The normalized spacial score (nSPS) is 11.3. The molecule has 0 unspecified atom stereocenters. The zero-order valence-corrected chi connectivity index (χ0v) is 10.7. The highest BCUT2D eigenvalue weighted by Crippen LogP contribution is 2.17. The summed E-state index contributed by atoms with van der Waals surface area (Å²) in [6.45, 7) is 6.89. The average Bonchev–Trinajstić information content (AvgIpc) is 2.37. The number of nitrogens with zero attached hydrogens (tertiary/aromatic N) is 2. The first-order valence-electron chi connectivity index (χ1n) is 6.04. The summed E-state index contributed by atoms with van der Waals surface area (Å²) in [5, 5.41) is 13.2. The molecule has 0 saturated heterocycles. The lowest BCUT2D eigenvalue weighted by atomic mass is 9.98. The zero-order valence-electron chi connectivity index (χ0n) is 10.7. The highest BCUT2D eigenvalue weighted by atomic mass is 16.5. The van der Waals surface area contributed by atoms with Gasteiger partial charge in [-0.05, 0) is 19.8 Å². The van der Waals surface area contributed by atoms with Crippen molar-refractivity contribution in [3.63, 3.8) is 0 Å². The van der Waals surface area contributed by atoms with E-state index in [9.17, 15) is 5.11 Å². The molecule has 0 saturated carbocycles. The van der Waals surface area contributed by atoms with E-state index in [4.69, 9.17) is 4.74 Å². The predicted molar refractivity (Wildman–Crippen MR) is 67.2 cm³/mol. The molecule has 0 radical (unpaired) electrons. The van der Waals surface area contributed by atoms with Crippen LogP contribution in [0.5, 0.6) is 5.88 Å². The van der Waals surface area contributed by atoms with E-state index in [1.54, 1.807) is 6.07 Å². The van der Waals surface area contributed by atoms with Crippen LogP contribution >= 0.6 is 0 Å². The molecular formula is C12H21N3O2. The SMILES string of the molecule is CCOc1cc(NCC(O)(CC)CC)ncn1. The van der Waals surface area contributed by atoms with Gasteiger partial charge in [0, 0.05) is 12.6 Å². The van der Waals surface area contributed by atoms with Crippen LogP contribution in [-0.2, 0) is 0 Å². The molecule has 0 atom stereocenters. The van der Waals surface area contributed by atoms with Gasteiger partial charge < -0.3 is 15.2 Å². The van der Waals surface area contributed by atoms with Gasteiger partial charge in [-0.2, -0.15) is 0 Å². The molecule has 96 valence electrons. The van der Waals surface area contributed by atoms with Crippen molar-refractivity contribution in [2.75, 3.05) is 18.5 Å². The fourth-order valence-corrected chi connectivity index (χ4v) is 1.42. The highest BCUT2D eigenvalue weighted by molar-refractivity contribution is 5.37. The number of anilines is 1. The van der Waals surface area contributed by atoms with Crippen LogP contribution in [0.2, 0.25) is 0 Å². The van der Waals surface area contributed by atoms with Gasteiger partial charge in [0.25, 0.3) is 0 Å². The van der Waals surface area contributed by atoms with Gasteiger partial charge in [-0.1, -0.05) is 13.8 Å². The number of rotatable bonds is 7. The molecule has 17 heavy (non-hydrogen) atoms. The van der Waals surface area contributed by atoms with E-state index in [0.717, 1.165) is 0 Å². The Hall–Kier alpha value is -1.36. The number of ether oxygens (including phenoxy) is 1. The molecular weight excluding hydrogens is 218 g/mol. The van der Waals surface area contributed by atoms with E-state index in [0.29, 0.717) is 37.7 Å². The Bertz CT molecular complexity index is 340. The molecule has 1 aromatic rings. The number of aromatic nitrogens is 2. The lowest BCUT2D eigenvalue weighted by Crippen LogP contribution is -2.35. The smallest absolute Gasteiger partial charge is 0.218 e. The van der Waals surface area contributed by atoms with E-state index in [1.165, 1.54) is 6.33 Å². The molecule has 0 aliphatic rings. The van der Waals surface area contributed by atoms with Gasteiger partial charge in [-0.15, -0.1) is 0 Å². The van der Waals surface area contributed by atoms with Crippen molar-refractivity contribution in [1.29, 1.82) is 0 Å². The highest BCUT2D eigenvalue weighted by Gasteiger charge is 2.21. The second kappa shape index (κ2) is 6.39. The fraction of sp³-hybridized carbons (Fsp3) is 0.667. The number of hydrogen-bond acceptors (Lipinski definition) is 5. The summed E-state index contributed by atoms with van der Waals surface area (Å²) in [4.78, 5) is 8.06. The minimum Gasteiger partial charge on any atom is -0.478 e. The molecule has 5 nitrogen and oxygen atoms in total. The summed E-state index contributed by atoms with van der Waals surface area (Å²) in [5.41, 5.74) is -0.684. The van der Waals surface area contributed by atoms with Crippen LogP contribution in [0.25, 0.3) is 0 Å². The van der Waals surface area contributed by atoms with Crippen molar-refractivity contribution in [3.8, 4) is 5.88 Å². The van der Waals surface area contributed by atoms with Gasteiger partial charge >= 0.3 is 0 Å². The first kappa shape index (κ1) is 13.7. The first-order valence-corrected chi connectivity index (χ1v) is 6.04. The van der Waals surface area contributed by atoms with E-state index < -0.39 is 5.60 Å². The Morgan fingerprint density at radius 2 is 2.00 bits per heavy atom. The molecule has 0 amide bonds. The Morgan fingerprint density at radius 3 is 2.59 bits per heavy atom. The monoisotopic (exact) mass is 239 g/mol. The minimum absolute atomic E-state index is 0.475. The standard InChI is InChI=1S/C12H21N3O2/c1-4-12(16,5-2)8-13-10-7-11(17-6-3)15-9-14-10/h7,9,16H,4-6,8H2,1-3H3,(H,13,14,15). The quantitative estimate of drug-likeness (QED) is 0.760. The average molecular weight is 239 g/mol. The predicted octanol–water partition coefficient (Wildman–Crippen LogP) is 1.84. The molecule has 0 aromatic carbocycles. The lowest BCUT2D eigenvalue weighted by molar-refractivity contribution is 0.0456. The Morgan fingerprint density at radius 1 is 1.29 bits per heavy atom. The minimum atomic E-state index is -0.684. The van der Waals surface area contributed by atoms with Gasteiger partial charge in [-0.3, -0.25) is 0 Å². The molecule has 1 rings (SSSR count). The maximum Gasteiger partial charge on any atom is 0.218 e. The van der Waals surface area contributed by atoms with Gasteiger partial charge in [0.2, 0.25) is 5.88 Å². The Labute approximate surface area is 102 Å².